The van der Waals surface area contributed by atoms with Crippen molar-refractivity contribution in [2.24, 2.45) is 0 Å². The Labute approximate surface area is 125 Å². The minimum atomic E-state index is -0.995. The summed E-state index contributed by atoms with van der Waals surface area (Å²) in [5.41, 5.74) is 0. The van der Waals surface area contributed by atoms with Crippen molar-refractivity contribution in [3.05, 3.63) is 30.3 Å². The Hall–Kier alpha value is -0.290. The van der Waals surface area contributed by atoms with Crippen molar-refractivity contribution in [2.75, 3.05) is 0 Å². The number of benzene rings is 1. The average Bonchev–Trinajstić information content (AvgIpc) is 2.19. The number of carbonyl (C=O) groups excluding carboxylic acids is 1. The van der Waals surface area contributed by atoms with Crippen LogP contribution in [-0.2, 0) is 4.79 Å². The summed E-state index contributed by atoms with van der Waals surface area (Å²) in [6.07, 6.45) is -0.873. The molecule has 0 heterocycles. The molecule has 0 spiro atoms. The quantitative estimate of drug-likeness (QED) is 0.537. The summed E-state index contributed by atoms with van der Waals surface area (Å²) in [4.78, 5) is 9.26. The molecule has 1 atom stereocenters. The third-order valence-electron chi connectivity index (χ3n) is 1.33. The summed E-state index contributed by atoms with van der Waals surface area (Å²) < 4.78 is 4.86. The number of carbonyl (C=O) groups is 1. The molecule has 0 aliphatic heterocycles. The molecular weight excluding hydrogens is 236 g/mol. The maximum Gasteiger partial charge on any atom is 2.00 e. The van der Waals surface area contributed by atoms with Gasteiger partial charge in [-0.1, -0.05) is 25.1 Å². The van der Waals surface area contributed by atoms with Gasteiger partial charge in [-0.05, 0) is 25.5 Å². The average molecular weight is 250 g/mol. The third kappa shape index (κ3) is 11.8. The van der Waals surface area contributed by atoms with Crippen LogP contribution in [0.4, 0.5) is 0 Å². The standard InChI is InChI=1S/C8H9O2.C3H6O2.Ca/c1-7(9)10-8-5-3-2-4-6-8;1-2-3(4)5;/h2-7H,1H3;2H2,1H3,(H,4,5);/q-1;;+2/p-1. The first-order valence-corrected chi connectivity index (χ1v) is 4.63. The SMILES string of the molecule is CC([O-])Oc1ccccc1.CCC(=O)[O-].[Ca+2]. The topological polar surface area (TPSA) is 72.4 Å². The van der Waals surface area contributed by atoms with Crippen LogP contribution in [0.25, 0.3) is 0 Å². The van der Waals surface area contributed by atoms with E-state index < -0.39 is 12.3 Å². The second kappa shape index (κ2) is 11.2. The van der Waals surface area contributed by atoms with Gasteiger partial charge in [0.05, 0.1) is 0 Å². The van der Waals surface area contributed by atoms with Crippen LogP contribution < -0.4 is 14.9 Å². The van der Waals surface area contributed by atoms with Crippen LogP contribution >= 0.6 is 0 Å². The number of para-hydroxylation sites is 1. The molecule has 0 radical (unpaired) electrons. The van der Waals surface area contributed by atoms with Gasteiger partial charge in [0.2, 0.25) is 0 Å². The Morgan fingerprint density at radius 2 is 1.81 bits per heavy atom. The second-order valence-electron chi connectivity index (χ2n) is 2.72. The summed E-state index contributed by atoms with van der Waals surface area (Å²) in [7, 11) is 0. The van der Waals surface area contributed by atoms with E-state index in [0.717, 1.165) is 0 Å². The summed E-state index contributed by atoms with van der Waals surface area (Å²) in [5.74, 6) is -0.366. The van der Waals surface area contributed by atoms with Crippen LogP contribution in [0.15, 0.2) is 30.3 Å². The van der Waals surface area contributed by atoms with Gasteiger partial charge in [0.15, 0.2) is 0 Å². The van der Waals surface area contributed by atoms with Gasteiger partial charge in [0.25, 0.3) is 0 Å². The Morgan fingerprint density at radius 1 is 1.38 bits per heavy atom. The van der Waals surface area contributed by atoms with E-state index in [9.17, 15) is 15.0 Å². The molecule has 5 heteroatoms. The molecule has 0 saturated heterocycles. The molecule has 0 fully saturated rings. The van der Waals surface area contributed by atoms with Crippen LogP contribution in [0.2, 0.25) is 0 Å². The molecule has 0 N–H and O–H groups in total. The molecule has 16 heavy (non-hydrogen) atoms. The van der Waals surface area contributed by atoms with Gasteiger partial charge < -0.3 is 19.7 Å². The zero-order valence-corrected chi connectivity index (χ0v) is 11.7. The largest absolute Gasteiger partial charge is 2.00 e. The smallest absolute Gasteiger partial charge is 0.822 e. The fourth-order valence-electron chi connectivity index (χ4n) is 0.691. The Balaban J connectivity index is 0. The molecule has 0 saturated carbocycles. The molecule has 0 aliphatic carbocycles. The fourth-order valence-corrected chi connectivity index (χ4v) is 0.691. The first-order valence-electron chi connectivity index (χ1n) is 4.63. The molecule has 1 aromatic carbocycles. The Morgan fingerprint density at radius 3 is 2.12 bits per heavy atom. The monoisotopic (exact) mass is 250 g/mol. The van der Waals surface area contributed by atoms with Crippen LogP contribution in [0, 0.1) is 0 Å². The van der Waals surface area contributed by atoms with E-state index >= 15 is 0 Å². The van der Waals surface area contributed by atoms with Crippen LogP contribution in [-0.4, -0.2) is 50.0 Å². The van der Waals surface area contributed by atoms with Crippen molar-refractivity contribution >= 4 is 43.7 Å². The van der Waals surface area contributed by atoms with Crippen molar-refractivity contribution in [1.29, 1.82) is 0 Å². The van der Waals surface area contributed by atoms with Crippen molar-refractivity contribution in [1.82, 2.24) is 0 Å². The fraction of sp³-hybridized carbons (Fsp3) is 0.364. The first kappa shape index (κ1) is 18.1. The van der Waals surface area contributed by atoms with Gasteiger partial charge in [0, 0.05) is 12.3 Å². The second-order valence-corrected chi connectivity index (χ2v) is 2.72. The van der Waals surface area contributed by atoms with Gasteiger partial charge in [-0.2, -0.15) is 0 Å². The van der Waals surface area contributed by atoms with E-state index in [1.165, 1.54) is 13.8 Å². The van der Waals surface area contributed by atoms with Crippen LogP contribution in [0.5, 0.6) is 5.75 Å². The van der Waals surface area contributed by atoms with Gasteiger partial charge in [0.1, 0.15) is 5.75 Å². The zero-order valence-electron chi connectivity index (χ0n) is 9.51. The first-order chi connectivity index (χ1) is 7.06. The van der Waals surface area contributed by atoms with Crippen molar-refractivity contribution < 1.29 is 19.7 Å². The van der Waals surface area contributed by atoms with Crippen molar-refractivity contribution in [3.63, 3.8) is 0 Å². The van der Waals surface area contributed by atoms with Gasteiger partial charge in [-0.15, -0.1) is 0 Å². The minimum Gasteiger partial charge on any atom is -0.822 e. The number of aliphatic carboxylic acids is 1. The Bertz CT molecular complexity index is 275. The van der Waals surface area contributed by atoms with E-state index in [0.29, 0.717) is 5.75 Å². The molecule has 1 aromatic rings. The summed E-state index contributed by atoms with van der Waals surface area (Å²) in [5, 5.41) is 19.7. The number of hydrogen-bond acceptors (Lipinski definition) is 4. The number of hydrogen-bond donors (Lipinski definition) is 0. The summed E-state index contributed by atoms with van der Waals surface area (Å²) in [6, 6.07) is 9.06. The van der Waals surface area contributed by atoms with Crippen molar-refractivity contribution in [2.45, 2.75) is 26.6 Å². The van der Waals surface area contributed by atoms with Crippen LogP contribution in [0.1, 0.15) is 20.3 Å². The van der Waals surface area contributed by atoms with Crippen molar-refractivity contribution in [3.8, 4) is 5.75 Å². The van der Waals surface area contributed by atoms with E-state index in [-0.39, 0.29) is 44.2 Å². The maximum atomic E-state index is 10.5. The molecule has 4 nitrogen and oxygen atoms in total. The summed E-state index contributed by atoms with van der Waals surface area (Å²) >= 11 is 0. The summed E-state index contributed by atoms with van der Waals surface area (Å²) in [6.45, 7) is 3.00. The number of rotatable bonds is 3. The molecule has 84 valence electrons. The molecule has 1 unspecified atom stereocenters. The van der Waals surface area contributed by atoms with E-state index in [1.807, 2.05) is 18.2 Å². The number of carboxylic acid groups (broad SMARTS) is 1. The third-order valence-corrected chi connectivity index (χ3v) is 1.33. The molecule has 0 aliphatic rings. The van der Waals surface area contributed by atoms with Gasteiger partial charge in [-0.3, -0.25) is 0 Å². The van der Waals surface area contributed by atoms with E-state index in [1.54, 1.807) is 12.1 Å². The molecular formula is C11H14CaO4. The van der Waals surface area contributed by atoms with Gasteiger partial charge >= 0.3 is 37.7 Å². The normalized spacial score (nSPS) is 10.2. The molecule has 0 bridgehead atoms. The van der Waals surface area contributed by atoms with Crippen LogP contribution in [0.3, 0.4) is 0 Å². The zero-order chi connectivity index (χ0) is 11.7. The minimum absolute atomic E-state index is 0. The predicted octanol–water partition coefficient (Wildman–Crippen LogP) is -0.463. The maximum absolute atomic E-state index is 10.5. The molecule has 0 aromatic heterocycles. The van der Waals surface area contributed by atoms with E-state index in [4.69, 9.17) is 4.74 Å². The predicted molar refractivity (Wildman–Crippen MR) is 57.6 cm³/mol. The number of ether oxygens (including phenoxy) is 1. The molecule has 0 amide bonds. The number of carboxylic acids is 1. The van der Waals surface area contributed by atoms with E-state index in [2.05, 4.69) is 0 Å². The molecule has 1 rings (SSSR count). The van der Waals surface area contributed by atoms with Gasteiger partial charge in [-0.25, -0.2) is 0 Å². The Kier molecular flexibility index (Phi) is 12.7.